The molecule has 156 valence electrons. The van der Waals surface area contributed by atoms with Crippen molar-refractivity contribution >= 4 is 27.7 Å². The Labute approximate surface area is 179 Å². The molecule has 2 amide bonds. The lowest BCUT2D eigenvalue weighted by Gasteiger charge is -2.29. The minimum atomic E-state index is -0.757. The average molecular weight is 465 g/mol. The minimum Gasteiger partial charge on any atom is -0.484 e. The van der Waals surface area contributed by atoms with E-state index in [2.05, 4.69) is 21.2 Å². The molecule has 1 atom stereocenters. The van der Waals surface area contributed by atoms with Crippen molar-refractivity contribution in [2.45, 2.75) is 39.3 Å². The number of ether oxygens (including phenoxy) is 1. The van der Waals surface area contributed by atoms with Crippen LogP contribution in [0.5, 0.6) is 5.75 Å². The molecular weight excluding hydrogens is 439 g/mol. The Kier molecular flexibility index (Phi) is 9.12. The van der Waals surface area contributed by atoms with Gasteiger partial charge in [0, 0.05) is 23.1 Å². The Hall–Kier alpha value is -2.41. The summed E-state index contributed by atoms with van der Waals surface area (Å²) in [5.41, 5.74) is 0.345. The zero-order valence-corrected chi connectivity index (χ0v) is 18.2. The zero-order valence-electron chi connectivity index (χ0n) is 16.7. The molecule has 1 N–H and O–H groups in total. The second-order valence-electron chi connectivity index (χ2n) is 6.68. The molecule has 0 fully saturated rings. The predicted octanol–water partition coefficient (Wildman–Crippen LogP) is 4.30. The second-order valence-corrected chi connectivity index (χ2v) is 7.59. The molecule has 29 heavy (non-hydrogen) atoms. The molecule has 1 unspecified atom stereocenters. The van der Waals surface area contributed by atoms with E-state index in [1.807, 2.05) is 6.92 Å². The third kappa shape index (κ3) is 7.16. The molecule has 0 bridgehead atoms. The maximum Gasteiger partial charge on any atom is 0.261 e. The van der Waals surface area contributed by atoms with Crippen LogP contribution in [0, 0.1) is 5.82 Å². The fourth-order valence-electron chi connectivity index (χ4n) is 2.69. The molecule has 7 heteroatoms. The third-order valence-corrected chi connectivity index (χ3v) is 5.00. The van der Waals surface area contributed by atoms with Crippen LogP contribution in [-0.2, 0) is 16.1 Å². The first kappa shape index (κ1) is 22.9. The molecule has 2 aromatic rings. The molecule has 0 aliphatic rings. The number of amides is 2. The van der Waals surface area contributed by atoms with E-state index < -0.39 is 17.8 Å². The first-order chi connectivity index (χ1) is 13.9. The van der Waals surface area contributed by atoms with Gasteiger partial charge in [-0.15, -0.1) is 0 Å². The molecule has 2 aromatic carbocycles. The summed E-state index contributed by atoms with van der Waals surface area (Å²) in [7, 11) is 0. The van der Waals surface area contributed by atoms with E-state index in [-0.39, 0.29) is 19.1 Å². The molecule has 0 heterocycles. The van der Waals surface area contributed by atoms with E-state index in [0.717, 1.165) is 17.3 Å². The summed E-state index contributed by atoms with van der Waals surface area (Å²) in [6.45, 7) is 3.94. The van der Waals surface area contributed by atoms with Crippen molar-refractivity contribution in [1.29, 1.82) is 0 Å². The largest absolute Gasteiger partial charge is 0.484 e. The first-order valence-corrected chi connectivity index (χ1v) is 10.4. The lowest BCUT2D eigenvalue weighted by molar-refractivity contribution is -0.142. The predicted molar refractivity (Wildman–Crippen MR) is 114 cm³/mol. The quantitative estimate of drug-likeness (QED) is 0.533. The molecule has 0 saturated carbocycles. The standard InChI is InChI=1S/C22H26BrFN2O3/c1-3-4-13-25-22(28)16(2)26(14-17-7-5-6-8-20(17)24)21(27)15-29-19-11-9-18(23)10-12-19/h5-12,16H,3-4,13-15H2,1-2H3,(H,25,28). The van der Waals surface area contributed by atoms with Crippen LogP contribution in [0.2, 0.25) is 0 Å². The number of nitrogens with zero attached hydrogens (tertiary/aromatic N) is 1. The fourth-order valence-corrected chi connectivity index (χ4v) is 2.95. The van der Waals surface area contributed by atoms with E-state index in [0.29, 0.717) is 17.9 Å². The molecule has 0 aromatic heterocycles. The normalized spacial score (nSPS) is 11.6. The Morgan fingerprint density at radius 3 is 2.52 bits per heavy atom. The van der Waals surface area contributed by atoms with Crippen molar-refractivity contribution in [1.82, 2.24) is 10.2 Å². The zero-order chi connectivity index (χ0) is 21.2. The van der Waals surface area contributed by atoms with Gasteiger partial charge in [0.1, 0.15) is 17.6 Å². The summed E-state index contributed by atoms with van der Waals surface area (Å²) in [6, 6.07) is 12.6. The monoisotopic (exact) mass is 464 g/mol. The Morgan fingerprint density at radius 1 is 1.17 bits per heavy atom. The number of benzene rings is 2. The Morgan fingerprint density at radius 2 is 1.86 bits per heavy atom. The molecular formula is C22H26BrFN2O3. The maximum absolute atomic E-state index is 14.1. The van der Waals surface area contributed by atoms with E-state index in [1.54, 1.807) is 49.4 Å². The molecule has 0 aliphatic carbocycles. The Bertz CT molecular complexity index is 814. The van der Waals surface area contributed by atoms with E-state index >= 15 is 0 Å². The van der Waals surface area contributed by atoms with Gasteiger partial charge in [-0.3, -0.25) is 9.59 Å². The number of hydrogen-bond donors (Lipinski definition) is 1. The molecule has 5 nitrogen and oxygen atoms in total. The highest BCUT2D eigenvalue weighted by molar-refractivity contribution is 9.10. The van der Waals surface area contributed by atoms with Crippen LogP contribution in [-0.4, -0.2) is 35.9 Å². The average Bonchev–Trinajstić information content (AvgIpc) is 2.72. The third-order valence-electron chi connectivity index (χ3n) is 4.47. The molecule has 0 aliphatic heterocycles. The van der Waals surface area contributed by atoms with Crippen LogP contribution < -0.4 is 10.1 Å². The van der Waals surface area contributed by atoms with Crippen molar-refractivity contribution in [3.05, 3.63) is 64.4 Å². The molecule has 0 spiro atoms. The van der Waals surface area contributed by atoms with Crippen molar-refractivity contribution in [3.63, 3.8) is 0 Å². The van der Waals surface area contributed by atoms with Crippen LogP contribution in [0.3, 0.4) is 0 Å². The molecule has 0 radical (unpaired) electrons. The van der Waals surface area contributed by atoms with E-state index in [9.17, 15) is 14.0 Å². The Balaban J connectivity index is 2.11. The smallest absolute Gasteiger partial charge is 0.261 e. The summed E-state index contributed by atoms with van der Waals surface area (Å²) in [5.74, 6) is -0.550. The van der Waals surface area contributed by atoms with Gasteiger partial charge in [-0.2, -0.15) is 0 Å². The van der Waals surface area contributed by atoms with Crippen molar-refractivity contribution in [2.24, 2.45) is 0 Å². The van der Waals surface area contributed by atoms with Gasteiger partial charge in [0.25, 0.3) is 5.91 Å². The van der Waals surface area contributed by atoms with Crippen LogP contribution in [0.1, 0.15) is 32.3 Å². The molecule has 0 saturated heterocycles. The maximum atomic E-state index is 14.1. The van der Waals surface area contributed by atoms with Crippen LogP contribution >= 0.6 is 15.9 Å². The van der Waals surface area contributed by atoms with E-state index in [4.69, 9.17) is 4.74 Å². The number of unbranched alkanes of at least 4 members (excludes halogenated alkanes) is 1. The number of rotatable bonds is 10. The number of nitrogens with one attached hydrogen (secondary N) is 1. The van der Waals surface area contributed by atoms with Gasteiger partial charge in [-0.05, 0) is 43.7 Å². The van der Waals surface area contributed by atoms with Gasteiger partial charge in [-0.1, -0.05) is 47.5 Å². The van der Waals surface area contributed by atoms with E-state index in [1.165, 1.54) is 11.0 Å². The lowest BCUT2D eigenvalue weighted by atomic mass is 10.1. The number of hydrogen-bond acceptors (Lipinski definition) is 3. The highest BCUT2D eigenvalue weighted by Gasteiger charge is 2.27. The summed E-state index contributed by atoms with van der Waals surface area (Å²) >= 11 is 3.34. The van der Waals surface area contributed by atoms with Gasteiger partial charge in [0.15, 0.2) is 6.61 Å². The highest BCUT2D eigenvalue weighted by Crippen LogP contribution is 2.17. The topological polar surface area (TPSA) is 58.6 Å². The van der Waals surface area contributed by atoms with Crippen molar-refractivity contribution in [2.75, 3.05) is 13.2 Å². The van der Waals surface area contributed by atoms with Gasteiger partial charge in [-0.25, -0.2) is 4.39 Å². The molecule has 2 rings (SSSR count). The summed E-state index contributed by atoms with van der Waals surface area (Å²) in [4.78, 5) is 26.7. The van der Waals surface area contributed by atoms with Crippen LogP contribution in [0.15, 0.2) is 53.0 Å². The summed E-state index contributed by atoms with van der Waals surface area (Å²) in [6.07, 6.45) is 1.81. The van der Waals surface area contributed by atoms with Gasteiger partial charge >= 0.3 is 0 Å². The lowest BCUT2D eigenvalue weighted by Crippen LogP contribution is -2.49. The van der Waals surface area contributed by atoms with Gasteiger partial charge in [0.2, 0.25) is 5.91 Å². The van der Waals surface area contributed by atoms with Crippen molar-refractivity contribution < 1.29 is 18.7 Å². The fraction of sp³-hybridized carbons (Fsp3) is 0.364. The van der Waals surface area contributed by atoms with Crippen molar-refractivity contribution in [3.8, 4) is 5.75 Å². The second kappa shape index (κ2) is 11.6. The SMILES string of the molecule is CCCCNC(=O)C(C)N(Cc1ccccc1F)C(=O)COc1ccc(Br)cc1. The number of carbonyl (C=O) groups excluding carboxylic acids is 2. The first-order valence-electron chi connectivity index (χ1n) is 9.61. The summed E-state index contributed by atoms with van der Waals surface area (Å²) in [5, 5.41) is 2.83. The van der Waals surface area contributed by atoms with Gasteiger partial charge < -0.3 is 15.0 Å². The van der Waals surface area contributed by atoms with Crippen LogP contribution in [0.4, 0.5) is 4.39 Å². The van der Waals surface area contributed by atoms with Gasteiger partial charge in [0.05, 0.1) is 0 Å². The summed E-state index contributed by atoms with van der Waals surface area (Å²) < 4.78 is 20.6. The number of carbonyl (C=O) groups is 2. The number of halogens is 2. The van der Waals surface area contributed by atoms with Crippen LogP contribution in [0.25, 0.3) is 0 Å². The minimum absolute atomic E-state index is 0.0163. The highest BCUT2D eigenvalue weighted by atomic mass is 79.9.